The molecular weight excluding hydrogens is 188 g/mol. The number of methoxy groups -OCH3 is 2. The lowest BCUT2D eigenvalue weighted by molar-refractivity contribution is -0.293. The highest BCUT2D eigenvalue weighted by Crippen LogP contribution is 2.25. The van der Waals surface area contributed by atoms with Crippen molar-refractivity contribution in [1.82, 2.24) is 0 Å². The van der Waals surface area contributed by atoms with E-state index >= 15 is 0 Å². The van der Waals surface area contributed by atoms with E-state index in [1.54, 1.807) is 0 Å². The van der Waals surface area contributed by atoms with Gasteiger partial charge in [-0.05, 0) is 6.42 Å². The molecule has 0 saturated carbocycles. The molecule has 5 unspecified atom stereocenters. The summed E-state index contributed by atoms with van der Waals surface area (Å²) in [6.07, 6.45) is -2.86. The summed E-state index contributed by atoms with van der Waals surface area (Å²) in [6, 6.07) is 0. The van der Waals surface area contributed by atoms with Crippen LogP contribution in [0.3, 0.4) is 0 Å². The zero-order chi connectivity index (χ0) is 10.7. The van der Waals surface area contributed by atoms with Crippen LogP contribution in [0.4, 0.5) is 0 Å². The molecule has 0 bridgehead atoms. The van der Waals surface area contributed by atoms with Gasteiger partial charge >= 0.3 is 0 Å². The Balaban J connectivity index is 2.71. The Labute approximate surface area is 83.6 Å². The van der Waals surface area contributed by atoms with E-state index in [-0.39, 0.29) is 6.10 Å². The molecule has 84 valence electrons. The normalized spacial score (nSPS) is 43.9. The molecule has 1 fully saturated rings. The molecule has 14 heavy (non-hydrogen) atoms. The maximum Gasteiger partial charge on any atom is 0.186 e. The number of hydrogen-bond acceptors (Lipinski definition) is 5. The molecule has 0 aromatic rings. The minimum Gasteiger partial charge on any atom is -0.387 e. The van der Waals surface area contributed by atoms with Crippen molar-refractivity contribution in [3.63, 3.8) is 0 Å². The first-order valence-corrected chi connectivity index (χ1v) is 4.72. The van der Waals surface area contributed by atoms with Crippen LogP contribution in [-0.2, 0) is 14.2 Å². The lowest BCUT2D eigenvalue weighted by Gasteiger charge is -2.41. The molecule has 5 nitrogen and oxygen atoms in total. The molecule has 0 aromatic carbocycles. The Morgan fingerprint density at radius 2 is 1.79 bits per heavy atom. The van der Waals surface area contributed by atoms with Crippen LogP contribution in [-0.4, -0.2) is 55.1 Å². The molecular formula is C9H18O5. The summed E-state index contributed by atoms with van der Waals surface area (Å²) in [4.78, 5) is 0. The standard InChI is InChI=1S/C9H18O5/c1-4-5-8(12-2)6(10)7(11)9(13-3)14-5/h5-11H,4H2,1-3H3. The average Bonchev–Trinajstić information content (AvgIpc) is 2.21. The van der Waals surface area contributed by atoms with Gasteiger partial charge in [0.1, 0.15) is 18.3 Å². The summed E-state index contributed by atoms with van der Waals surface area (Å²) in [7, 11) is 2.92. The second-order valence-electron chi connectivity index (χ2n) is 3.37. The Bertz CT molecular complexity index is 173. The second kappa shape index (κ2) is 5.04. The van der Waals surface area contributed by atoms with Gasteiger partial charge in [-0.1, -0.05) is 6.92 Å². The third-order valence-electron chi connectivity index (χ3n) is 2.55. The number of aliphatic hydroxyl groups is 2. The molecule has 1 rings (SSSR count). The Morgan fingerprint density at radius 1 is 1.14 bits per heavy atom. The highest BCUT2D eigenvalue weighted by molar-refractivity contribution is 4.89. The summed E-state index contributed by atoms with van der Waals surface area (Å²) in [6.45, 7) is 1.92. The Kier molecular flexibility index (Phi) is 4.28. The molecule has 0 amide bonds. The molecule has 1 heterocycles. The molecule has 5 heteroatoms. The van der Waals surface area contributed by atoms with Crippen molar-refractivity contribution in [1.29, 1.82) is 0 Å². The molecule has 0 radical (unpaired) electrons. The van der Waals surface area contributed by atoms with Crippen molar-refractivity contribution in [3.8, 4) is 0 Å². The quantitative estimate of drug-likeness (QED) is 0.652. The average molecular weight is 206 g/mol. The predicted molar refractivity (Wildman–Crippen MR) is 48.8 cm³/mol. The first-order valence-electron chi connectivity index (χ1n) is 4.72. The molecule has 1 saturated heterocycles. The van der Waals surface area contributed by atoms with Gasteiger partial charge in [-0.2, -0.15) is 0 Å². The number of hydrogen-bond donors (Lipinski definition) is 2. The molecule has 5 atom stereocenters. The van der Waals surface area contributed by atoms with E-state index in [4.69, 9.17) is 14.2 Å². The predicted octanol–water partition coefficient (Wildman–Crippen LogP) is -0.496. The fourth-order valence-electron chi connectivity index (χ4n) is 1.72. The third kappa shape index (κ3) is 2.07. The zero-order valence-electron chi connectivity index (χ0n) is 8.71. The van der Waals surface area contributed by atoms with E-state index in [2.05, 4.69) is 0 Å². The smallest absolute Gasteiger partial charge is 0.186 e. The topological polar surface area (TPSA) is 68.2 Å². The van der Waals surface area contributed by atoms with Crippen LogP contribution in [0.15, 0.2) is 0 Å². The van der Waals surface area contributed by atoms with E-state index in [1.807, 2.05) is 6.92 Å². The van der Waals surface area contributed by atoms with Crippen LogP contribution < -0.4 is 0 Å². The van der Waals surface area contributed by atoms with Gasteiger partial charge in [-0.25, -0.2) is 0 Å². The summed E-state index contributed by atoms with van der Waals surface area (Å²) in [5.74, 6) is 0. The summed E-state index contributed by atoms with van der Waals surface area (Å²) < 4.78 is 15.4. The SMILES string of the molecule is CCC1OC(OC)C(O)C(O)C1OC. The first kappa shape index (κ1) is 11.9. The first-order chi connectivity index (χ1) is 6.65. The van der Waals surface area contributed by atoms with E-state index < -0.39 is 24.6 Å². The van der Waals surface area contributed by atoms with E-state index in [0.717, 1.165) is 0 Å². The Hall–Kier alpha value is -0.200. The third-order valence-corrected chi connectivity index (χ3v) is 2.55. The zero-order valence-corrected chi connectivity index (χ0v) is 8.71. The minimum absolute atomic E-state index is 0.247. The molecule has 0 aromatic heterocycles. The number of aliphatic hydroxyl groups excluding tert-OH is 2. The van der Waals surface area contributed by atoms with Crippen LogP contribution in [0.25, 0.3) is 0 Å². The molecule has 1 aliphatic rings. The number of ether oxygens (including phenoxy) is 3. The van der Waals surface area contributed by atoms with Gasteiger partial charge in [-0.3, -0.25) is 0 Å². The summed E-state index contributed by atoms with van der Waals surface area (Å²) >= 11 is 0. The molecule has 1 aliphatic heterocycles. The van der Waals surface area contributed by atoms with Crippen molar-refractivity contribution < 1.29 is 24.4 Å². The van der Waals surface area contributed by atoms with Gasteiger partial charge in [-0.15, -0.1) is 0 Å². The lowest BCUT2D eigenvalue weighted by atomic mass is 9.97. The van der Waals surface area contributed by atoms with Gasteiger partial charge < -0.3 is 24.4 Å². The van der Waals surface area contributed by atoms with Gasteiger partial charge in [0.25, 0.3) is 0 Å². The Morgan fingerprint density at radius 3 is 2.21 bits per heavy atom. The largest absolute Gasteiger partial charge is 0.387 e. The number of rotatable bonds is 3. The van der Waals surface area contributed by atoms with E-state index in [9.17, 15) is 10.2 Å². The van der Waals surface area contributed by atoms with Gasteiger partial charge in [0.2, 0.25) is 0 Å². The lowest BCUT2D eigenvalue weighted by Crippen LogP contribution is -2.58. The van der Waals surface area contributed by atoms with Crippen molar-refractivity contribution in [3.05, 3.63) is 0 Å². The summed E-state index contributed by atoms with van der Waals surface area (Å²) in [5.41, 5.74) is 0. The van der Waals surface area contributed by atoms with Crippen molar-refractivity contribution in [2.24, 2.45) is 0 Å². The monoisotopic (exact) mass is 206 g/mol. The molecule has 0 aliphatic carbocycles. The summed E-state index contributed by atoms with van der Waals surface area (Å²) in [5, 5.41) is 19.3. The van der Waals surface area contributed by atoms with Crippen LogP contribution in [0.1, 0.15) is 13.3 Å². The highest BCUT2D eigenvalue weighted by atomic mass is 16.7. The van der Waals surface area contributed by atoms with E-state index in [1.165, 1.54) is 14.2 Å². The van der Waals surface area contributed by atoms with Crippen molar-refractivity contribution in [2.45, 2.75) is 44.1 Å². The fraction of sp³-hybridized carbons (Fsp3) is 1.00. The second-order valence-corrected chi connectivity index (χ2v) is 3.37. The maximum atomic E-state index is 9.71. The fourth-order valence-corrected chi connectivity index (χ4v) is 1.72. The highest BCUT2D eigenvalue weighted by Gasteiger charge is 2.44. The van der Waals surface area contributed by atoms with Gasteiger partial charge in [0, 0.05) is 14.2 Å². The van der Waals surface area contributed by atoms with Gasteiger partial charge in [0.15, 0.2) is 6.29 Å². The van der Waals surface area contributed by atoms with Gasteiger partial charge in [0.05, 0.1) is 6.10 Å². The van der Waals surface area contributed by atoms with Crippen LogP contribution in [0.5, 0.6) is 0 Å². The maximum absolute atomic E-state index is 9.71. The molecule has 2 N–H and O–H groups in total. The van der Waals surface area contributed by atoms with E-state index in [0.29, 0.717) is 6.42 Å². The van der Waals surface area contributed by atoms with Crippen LogP contribution in [0.2, 0.25) is 0 Å². The minimum atomic E-state index is -1.06. The van der Waals surface area contributed by atoms with Crippen molar-refractivity contribution in [2.75, 3.05) is 14.2 Å². The van der Waals surface area contributed by atoms with Crippen LogP contribution >= 0.6 is 0 Å². The molecule has 0 spiro atoms. The van der Waals surface area contributed by atoms with Crippen LogP contribution in [0, 0.1) is 0 Å². The van der Waals surface area contributed by atoms with Crippen molar-refractivity contribution >= 4 is 0 Å².